The van der Waals surface area contributed by atoms with Gasteiger partial charge in [0.25, 0.3) is 5.91 Å². The van der Waals surface area contributed by atoms with Crippen molar-refractivity contribution in [2.75, 3.05) is 6.61 Å². The van der Waals surface area contributed by atoms with Crippen LogP contribution in [0.3, 0.4) is 0 Å². The van der Waals surface area contributed by atoms with Crippen molar-refractivity contribution in [3.05, 3.63) is 107 Å². The Labute approximate surface area is 214 Å². The second-order valence-electron chi connectivity index (χ2n) is 8.24. The molecule has 1 amide bonds. The first-order valence-corrected chi connectivity index (χ1v) is 12.6. The molecule has 1 unspecified atom stereocenters. The third kappa shape index (κ3) is 4.70. The molecule has 5 rings (SSSR count). The van der Waals surface area contributed by atoms with E-state index in [9.17, 15) is 4.79 Å². The largest absolute Gasteiger partial charge is 0.490 e. The number of rotatable bonds is 7. The van der Waals surface area contributed by atoms with Gasteiger partial charge in [0.1, 0.15) is 11.9 Å². The Morgan fingerprint density at radius 3 is 2.47 bits per heavy atom. The van der Waals surface area contributed by atoms with Crippen molar-refractivity contribution >= 4 is 40.4 Å². The van der Waals surface area contributed by atoms with Gasteiger partial charge in [-0.3, -0.25) is 15.1 Å². The maximum atomic E-state index is 12.9. The average molecular weight is 496 g/mol. The monoisotopic (exact) mass is 495 g/mol. The molecule has 1 N–H and O–H groups in total. The highest BCUT2D eigenvalue weighted by molar-refractivity contribution is 8.17. The number of hydrogen-bond donors (Lipinski definition) is 1. The van der Waals surface area contributed by atoms with Gasteiger partial charge in [-0.1, -0.05) is 78.5 Å². The third-order valence-electron chi connectivity index (χ3n) is 5.84. The molecule has 0 radical (unpaired) electrons. The Kier molecular flexibility index (Phi) is 6.73. The minimum atomic E-state index is -0.433. The zero-order valence-corrected chi connectivity index (χ0v) is 20.8. The van der Waals surface area contributed by atoms with Gasteiger partial charge in [0.2, 0.25) is 0 Å². The number of ether oxygens (including phenoxy) is 2. The summed E-state index contributed by atoms with van der Waals surface area (Å²) in [6, 6.07) is 25.3. The standard InChI is InChI=1S/C29H25N3O3S/c1-3-34-26-17-20(14-15-25(26)35-19(2)21-10-6-4-7-11-21)16-23-27(30)32-24(22-12-8-5-9-13-22)18-36-29(32)31-28(23)33/h4-19,30H,3H2,1-2H3/b23-16-,30-27?. The first-order chi connectivity index (χ1) is 17.5. The molecule has 7 heteroatoms. The molecule has 0 spiro atoms. The quantitative estimate of drug-likeness (QED) is 0.377. The van der Waals surface area contributed by atoms with Crippen molar-refractivity contribution in [2.45, 2.75) is 20.0 Å². The lowest BCUT2D eigenvalue weighted by atomic mass is 10.1. The van der Waals surface area contributed by atoms with E-state index in [0.717, 1.165) is 22.4 Å². The maximum absolute atomic E-state index is 12.9. The van der Waals surface area contributed by atoms with Crippen molar-refractivity contribution in [2.24, 2.45) is 4.99 Å². The summed E-state index contributed by atoms with van der Waals surface area (Å²) in [5, 5.41) is 11.3. The van der Waals surface area contributed by atoms with Crippen LogP contribution in [-0.2, 0) is 4.79 Å². The van der Waals surface area contributed by atoms with Crippen molar-refractivity contribution in [3.8, 4) is 11.5 Å². The van der Waals surface area contributed by atoms with E-state index in [2.05, 4.69) is 4.99 Å². The van der Waals surface area contributed by atoms with Crippen LogP contribution in [0, 0.1) is 5.41 Å². The highest BCUT2D eigenvalue weighted by Crippen LogP contribution is 2.38. The zero-order chi connectivity index (χ0) is 25.1. The van der Waals surface area contributed by atoms with Crippen LogP contribution < -0.4 is 9.47 Å². The highest BCUT2D eigenvalue weighted by Gasteiger charge is 2.36. The number of aliphatic imine (C=N–C) groups is 1. The molecule has 0 bridgehead atoms. The summed E-state index contributed by atoms with van der Waals surface area (Å²) >= 11 is 1.35. The van der Waals surface area contributed by atoms with E-state index in [4.69, 9.17) is 14.9 Å². The minimum absolute atomic E-state index is 0.0982. The van der Waals surface area contributed by atoms with E-state index in [-0.39, 0.29) is 17.5 Å². The Bertz CT molecular complexity index is 1400. The van der Waals surface area contributed by atoms with Crippen LogP contribution >= 0.6 is 11.8 Å². The first-order valence-electron chi connectivity index (χ1n) is 11.7. The topological polar surface area (TPSA) is 75.0 Å². The maximum Gasteiger partial charge on any atom is 0.283 e. The fourth-order valence-electron chi connectivity index (χ4n) is 4.04. The molecule has 2 aliphatic heterocycles. The molecule has 1 atom stereocenters. The lowest BCUT2D eigenvalue weighted by molar-refractivity contribution is -0.114. The number of nitrogens with one attached hydrogen (secondary N) is 1. The summed E-state index contributed by atoms with van der Waals surface area (Å²) in [7, 11) is 0. The fourth-order valence-corrected chi connectivity index (χ4v) is 4.93. The molecule has 3 aromatic carbocycles. The van der Waals surface area contributed by atoms with Gasteiger partial charge in [-0.25, -0.2) is 0 Å². The van der Waals surface area contributed by atoms with Crippen LogP contribution in [-0.4, -0.2) is 28.4 Å². The number of carbonyl (C=O) groups excluding carboxylic acids is 1. The summed E-state index contributed by atoms with van der Waals surface area (Å²) in [5.41, 5.74) is 3.79. The molecule has 0 saturated heterocycles. The van der Waals surface area contributed by atoms with Gasteiger partial charge in [0.15, 0.2) is 16.7 Å². The van der Waals surface area contributed by atoms with Crippen LogP contribution in [0.1, 0.15) is 36.6 Å². The van der Waals surface area contributed by atoms with Crippen molar-refractivity contribution in [1.82, 2.24) is 4.90 Å². The van der Waals surface area contributed by atoms with E-state index in [1.54, 1.807) is 11.0 Å². The predicted octanol–water partition coefficient (Wildman–Crippen LogP) is 6.53. The molecule has 3 aromatic rings. The molecule has 0 aromatic heterocycles. The molecular formula is C29H25N3O3S. The van der Waals surface area contributed by atoms with Crippen LogP contribution in [0.4, 0.5) is 0 Å². The number of thioether (sulfide) groups is 1. The summed E-state index contributed by atoms with van der Waals surface area (Å²) < 4.78 is 12.1. The Hall–Kier alpha value is -4.10. The van der Waals surface area contributed by atoms with Crippen molar-refractivity contribution < 1.29 is 14.3 Å². The number of nitrogens with zero attached hydrogens (tertiary/aromatic N) is 2. The molecule has 0 fully saturated rings. The number of amides is 1. The van der Waals surface area contributed by atoms with Gasteiger partial charge in [-0.15, -0.1) is 0 Å². The van der Waals surface area contributed by atoms with E-state index in [0.29, 0.717) is 23.3 Å². The third-order valence-corrected chi connectivity index (χ3v) is 6.66. The molecule has 180 valence electrons. The Morgan fingerprint density at radius 2 is 1.75 bits per heavy atom. The average Bonchev–Trinajstić information content (AvgIpc) is 3.33. The Morgan fingerprint density at radius 1 is 1.03 bits per heavy atom. The van der Waals surface area contributed by atoms with Crippen LogP contribution in [0.5, 0.6) is 11.5 Å². The molecule has 36 heavy (non-hydrogen) atoms. The van der Waals surface area contributed by atoms with E-state index >= 15 is 0 Å². The molecule has 0 saturated carbocycles. The minimum Gasteiger partial charge on any atom is -0.490 e. The van der Waals surface area contributed by atoms with E-state index in [1.165, 1.54) is 11.8 Å². The molecule has 0 aliphatic carbocycles. The second kappa shape index (κ2) is 10.3. The highest BCUT2D eigenvalue weighted by atomic mass is 32.2. The molecule has 2 heterocycles. The summed E-state index contributed by atoms with van der Waals surface area (Å²) in [6.07, 6.45) is 1.52. The number of amidine groups is 2. The number of carbonyl (C=O) groups is 1. The normalized spacial score (nSPS) is 16.9. The van der Waals surface area contributed by atoms with Gasteiger partial charge in [-0.05, 0) is 48.7 Å². The van der Waals surface area contributed by atoms with Gasteiger partial charge < -0.3 is 9.47 Å². The summed E-state index contributed by atoms with van der Waals surface area (Å²) in [4.78, 5) is 18.8. The molecule has 6 nitrogen and oxygen atoms in total. The van der Waals surface area contributed by atoms with Crippen LogP contribution in [0.15, 0.2) is 94.8 Å². The number of benzene rings is 3. The van der Waals surface area contributed by atoms with Gasteiger partial charge in [-0.2, -0.15) is 4.99 Å². The van der Waals surface area contributed by atoms with E-state index < -0.39 is 5.91 Å². The number of fused-ring (bicyclic) bond motifs is 1. The van der Waals surface area contributed by atoms with Crippen molar-refractivity contribution in [1.29, 1.82) is 5.41 Å². The zero-order valence-electron chi connectivity index (χ0n) is 20.0. The molecule has 2 aliphatic rings. The summed E-state index contributed by atoms with van der Waals surface area (Å²) in [5.74, 6) is 0.861. The lowest BCUT2D eigenvalue weighted by Crippen LogP contribution is -2.38. The number of hydrogen-bond acceptors (Lipinski definition) is 5. The van der Waals surface area contributed by atoms with Gasteiger partial charge in [0.05, 0.1) is 17.9 Å². The van der Waals surface area contributed by atoms with Crippen molar-refractivity contribution in [3.63, 3.8) is 0 Å². The van der Waals surface area contributed by atoms with Crippen LogP contribution in [0.2, 0.25) is 0 Å². The van der Waals surface area contributed by atoms with Gasteiger partial charge in [0, 0.05) is 5.41 Å². The fraction of sp³-hybridized carbons (Fsp3) is 0.138. The smallest absolute Gasteiger partial charge is 0.283 e. The first kappa shape index (κ1) is 23.6. The SMILES string of the molecule is CCOc1cc(/C=C2/C(=N)N3C(c4ccccc4)=CSC3=NC2=O)ccc1OC(C)c1ccccc1. The second-order valence-corrected chi connectivity index (χ2v) is 9.08. The molecular weight excluding hydrogens is 470 g/mol. The van der Waals surface area contributed by atoms with Gasteiger partial charge >= 0.3 is 0 Å². The van der Waals surface area contributed by atoms with E-state index in [1.807, 2.05) is 98.1 Å². The predicted molar refractivity (Wildman–Crippen MR) is 145 cm³/mol. The van der Waals surface area contributed by atoms with Crippen LogP contribution in [0.25, 0.3) is 11.8 Å². The lowest BCUT2D eigenvalue weighted by Gasteiger charge is -2.27. The Balaban J connectivity index is 1.44. The summed E-state index contributed by atoms with van der Waals surface area (Å²) in [6.45, 7) is 4.37.